The number of alkyl halides is 1. The first-order valence-electron chi connectivity index (χ1n) is 4.00. The maximum absolute atomic E-state index is 5.81. The Labute approximate surface area is 91.3 Å². The number of nitrogens with two attached hydrogens (primary N) is 1. The van der Waals surface area contributed by atoms with Crippen molar-refractivity contribution in [2.75, 3.05) is 24.6 Å². The topological polar surface area (TPSA) is 41.6 Å². The molecule has 1 fully saturated rings. The van der Waals surface area contributed by atoms with E-state index in [1.54, 1.807) is 0 Å². The Morgan fingerprint density at radius 2 is 2.17 bits per heavy atom. The van der Waals surface area contributed by atoms with Crippen molar-refractivity contribution >= 4 is 40.3 Å². The van der Waals surface area contributed by atoms with E-state index in [-0.39, 0.29) is 4.05 Å². The molecule has 0 amide bonds. The van der Waals surface area contributed by atoms with Gasteiger partial charge in [0.05, 0.1) is 0 Å². The second kappa shape index (κ2) is 5.16. The summed E-state index contributed by atoms with van der Waals surface area (Å²) in [5.41, 5.74) is 5.81. The summed E-state index contributed by atoms with van der Waals surface area (Å²) in [7, 11) is 0. The summed E-state index contributed by atoms with van der Waals surface area (Å²) in [6.07, 6.45) is 0. The number of guanidine groups is 1. The van der Waals surface area contributed by atoms with Gasteiger partial charge in [0, 0.05) is 24.6 Å². The van der Waals surface area contributed by atoms with E-state index >= 15 is 0 Å². The summed E-state index contributed by atoms with van der Waals surface area (Å²) in [6, 6.07) is 0. The molecular weight excluding hydrogens is 285 g/mol. The van der Waals surface area contributed by atoms with E-state index in [2.05, 4.69) is 32.5 Å². The van der Waals surface area contributed by atoms with Gasteiger partial charge in [-0.1, -0.05) is 22.6 Å². The monoisotopic (exact) mass is 299 g/mol. The Morgan fingerprint density at radius 1 is 1.58 bits per heavy atom. The minimum Gasteiger partial charge on any atom is -0.370 e. The molecule has 0 radical (unpaired) electrons. The Morgan fingerprint density at radius 3 is 2.67 bits per heavy atom. The van der Waals surface area contributed by atoms with Crippen LogP contribution < -0.4 is 5.73 Å². The fourth-order valence-electron chi connectivity index (χ4n) is 1.06. The van der Waals surface area contributed by atoms with Crippen LogP contribution in [0.2, 0.25) is 0 Å². The van der Waals surface area contributed by atoms with Crippen molar-refractivity contribution in [2.45, 2.75) is 11.0 Å². The highest BCUT2D eigenvalue weighted by atomic mass is 127. The minimum absolute atomic E-state index is 0.275. The summed E-state index contributed by atoms with van der Waals surface area (Å²) >= 11 is 4.24. The summed E-state index contributed by atoms with van der Waals surface area (Å²) in [4.78, 5) is 6.46. The van der Waals surface area contributed by atoms with Crippen LogP contribution in [0.3, 0.4) is 0 Å². The maximum atomic E-state index is 5.81. The highest BCUT2D eigenvalue weighted by molar-refractivity contribution is 14.1. The van der Waals surface area contributed by atoms with E-state index in [0.29, 0.717) is 5.96 Å². The molecule has 0 spiro atoms. The molecule has 1 atom stereocenters. The fraction of sp³-hybridized carbons (Fsp3) is 0.857. The largest absolute Gasteiger partial charge is 0.370 e. The van der Waals surface area contributed by atoms with Crippen LogP contribution in [0.15, 0.2) is 4.99 Å². The third-order valence-electron chi connectivity index (χ3n) is 1.65. The van der Waals surface area contributed by atoms with E-state index in [0.717, 1.165) is 13.1 Å². The van der Waals surface area contributed by atoms with Crippen molar-refractivity contribution < 1.29 is 0 Å². The van der Waals surface area contributed by atoms with Gasteiger partial charge in [0.2, 0.25) is 0 Å². The van der Waals surface area contributed by atoms with Gasteiger partial charge in [0.1, 0.15) is 4.05 Å². The van der Waals surface area contributed by atoms with Gasteiger partial charge in [-0.2, -0.15) is 11.8 Å². The lowest BCUT2D eigenvalue weighted by atomic mass is 10.5. The van der Waals surface area contributed by atoms with Crippen LogP contribution in [0.4, 0.5) is 0 Å². The molecule has 1 aliphatic rings. The molecule has 0 bridgehead atoms. The molecule has 2 N–H and O–H groups in total. The number of thioether (sulfide) groups is 1. The van der Waals surface area contributed by atoms with Crippen LogP contribution in [-0.2, 0) is 0 Å². The molecule has 0 aromatic rings. The lowest BCUT2D eigenvalue weighted by Crippen LogP contribution is -2.42. The highest BCUT2D eigenvalue weighted by Crippen LogP contribution is 2.09. The number of halogens is 1. The van der Waals surface area contributed by atoms with Crippen LogP contribution in [0, 0.1) is 0 Å². The number of aliphatic imine (C=N–C) groups is 1. The molecule has 12 heavy (non-hydrogen) atoms. The average Bonchev–Trinajstić information content (AvgIpc) is 2.05. The quantitative estimate of drug-likeness (QED) is 0.259. The number of nitrogens with zero attached hydrogens (tertiary/aromatic N) is 2. The van der Waals surface area contributed by atoms with Gasteiger partial charge >= 0.3 is 0 Å². The number of hydrogen-bond donors (Lipinski definition) is 1. The third kappa shape index (κ3) is 3.38. The Hall–Kier alpha value is 0.350. The van der Waals surface area contributed by atoms with Gasteiger partial charge < -0.3 is 10.6 Å². The van der Waals surface area contributed by atoms with E-state index in [1.165, 1.54) is 11.5 Å². The fourth-order valence-corrected chi connectivity index (χ4v) is 2.24. The van der Waals surface area contributed by atoms with Crippen LogP contribution >= 0.6 is 34.4 Å². The normalized spacial score (nSPS) is 22.5. The standard InChI is InChI=1S/C7H14IN3S/c1-6(8)10-7(9)11-2-4-12-5-3-11/h6H,2-5H2,1H3,(H2,9,10). The predicted molar refractivity (Wildman–Crippen MR) is 64.0 cm³/mol. The van der Waals surface area contributed by atoms with Crippen molar-refractivity contribution in [2.24, 2.45) is 10.7 Å². The van der Waals surface area contributed by atoms with Crippen molar-refractivity contribution in [1.29, 1.82) is 0 Å². The van der Waals surface area contributed by atoms with E-state index in [4.69, 9.17) is 5.73 Å². The van der Waals surface area contributed by atoms with Crippen molar-refractivity contribution in [3.63, 3.8) is 0 Å². The second-order valence-corrected chi connectivity index (χ2v) is 5.69. The summed E-state index contributed by atoms with van der Waals surface area (Å²) in [6.45, 7) is 4.12. The SMILES string of the molecule is CC(I)/N=C(\N)N1CCSCC1. The molecule has 0 aliphatic carbocycles. The zero-order chi connectivity index (χ0) is 8.97. The van der Waals surface area contributed by atoms with Crippen LogP contribution in [0.5, 0.6) is 0 Å². The zero-order valence-electron chi connectivity index (χ0n) is 7.16. The first-order valence-corrected chi connectivity index (χ1v) is 6.40. The van der Waals surface area contributed by atoms with E-state index in [9.17, 15) is 0 Å². The van der Waals surface area contributed by atoms with Crippen LogP contribution in [0.25, 0.3) is 0 Å². The maximum Gasteiger partial charge on any atom is 0.192 e. The minimum atomic E-state index is 0.275. The molecule has 1 heterocycles. The van der Waals surface area contributed by atoms with Gasteiger partial charge in [-0.05, 0) is 6.92 Å². The highest BCUT2D eigenvalue weighted by Gasteiger charge is 2.12. The van der Waals surface area contributed by atoms with Gasteiger partial charge in [-0.25, -0.2) is 4.99 Å². The summed E-state index contributed by atoms with van der Waals surface area (Å²) in [5, 5.41) is 0. The van der Waals surface area contributed by atoms with Gasteiger partial charge in [0.25, 0.3) is 0 Å². The van der Waals surface area contributed by atoms with Crippen molar-refractivity contribution in [1.82, 2.24) is 4.90 Å². The van der Waals surface area contributed by atoms with E-state index in [1.807, 2.05) is 18.7 Å². The zero-order valence-corrected chi connectivity index (χ0v) is 10.1. The number of hydrogen-bond acceptors (Lipinski definition) is 2. The molecule has 3 nitrogen and oxygen atoms in total. The summed E-state index contributed by atoms with van der Waals surface area (Å²) in [5.74, 6) is 3.05. The van der Waals surface area contributed by atoms with Gasteiger partial charge in [-0.3, -0.25) is 0 Å². The predicted octanol–water partition coefficient (Wildman–Crippen LogP) is 1.13. The molecule has 1 aliphatic heterocycles. The van der Waals surface area contributed by atoms with Crippen LogP contribution in [0.1, 0.15) is 6.92 Å². The lowest BCUT2D eigenvalue weighted by Gasteiger charge is -2.27. The van der Waals surface area contributed by atoms with Crippen LogP contribution in [-0.4, -0.2) is 39.5 Å². The first kappa shape index (κ1) is 10.4. The molecule has 0 aromatic heterocycles. The van der Waals surface area contributed by atoms with Gasteiger partial charge in [-0.15, -0.1) is 0 Å². The second-order valence-electron chi connectivity index (χ2n) is 2.66. The molecule has 70 valence electrons. The van der Waals surface area contributed by atoms with Crippen molar-refractivity contribution in [3.8, 4) is 0 Å². The van der Waals surface area contributed by atoms with Crippen molar-refractivity contribution in [3.05, 3.63) is 0 Å². The molecule has 0 aromatic carbocycles. The lowest BCUT2D eigenvalue weighted by molar-refractivity contribution is 0.456. The molecular formula is C7H14IN3S. The number of rotatable bonds is 1. The van der Waals surface area contributed by atoms with Gasteiger partial charge in [0.15, 0.2) is 5.96 Å². The average molecular weight is 299 g/mol. The molecule has 5 heteroatoms. The first-order chi connectivity index (χ1) is 5.70. The Kier molecular flexibility index (Phi) is 4.49. The Balaban J connectivity index is 2.44. The Bertz CT molecular complexity index is 166. The smallest absolute Gasteiger partial charge is 0.192 e. The molecule has 0 saturated carbocycles. The molecule has 1 rings (SSSR count). The third-order valence-corrected chi connectivity index (χ3v) is 2.87. The molecule has 1 unspecified atom stereocenters. The summed E-state index contributed by atoms with van der Waals surface area (Å²) < 4.78 is 0.275. The van der Waals surface area contributed by atoms with E-state index < -0.39 is 0 Å². The molecule has 1 saturated heterocycles.